The van der Waals surface area contributed by atoms with E-state index >= 15 is 0 Å². The number of nitrogens with zero attached hydrogens (tertiary/aromatic N) is 1. The average molecular weight is 566 g/mol. The third-order valence-corrected chi connectivity index (χ3v) is 7.38. The first kappa shape index (κ1) is 28.4. The number of hydrogen-bond acceptors (Lipinski definition) is 9. The Balaban J connectivity index is 1.80. The second-order valence-electron chi connectivity index (χ2n) is 8.20. The topological polar surface area (TPSA) is 158 Å². The number of aliphatic hydroxyl groups is 1. The standard InChI is InChI=1S/C21H26Cl2N3O9P/c1-12(2)33-18(29)13(3)25-36(31,35-14-7-5-4-6-8-14)32-11-15-17(28)21(22,23)19(34-15)26-10-9-16(27)24-20(26)30/h4-10,12-13,15,17,19,28H,11H2,1-3H3,(H,25,31)(H,24,27,30)/t13-,15+,17?,19+,36?/m0/s1. The van der Waals surface area contributed by atoms with Crippen molar-refractivity contribution < 1.29 is 33.0 Å². The van der Waals surface area contributed by atoms with Gasteiger partial charge in [0.2, 0.25) is 0 Å². The summed E-state index contributed by atoms with van der Waals surface area (Å²) in [5.74, 6) is -0.520. The summed E-state index contributed by atoms with van der Waals surface area (Å²) in [7, 11) is -4.27. The van der Waals surface area contributed by atoms with Crippen molar-refractivity contribution in [1.29, 1.82) is 0 Å². The Bertz CT molecular complexity index is 1220. The monoisotopic (exact) mass is 565 g/mol. The molecular formula is C21H26Cl2N3O9P. The maximum atomic E-state index is 13.6. The molecule has 1 aromatic heterocycles. The van der Waals surface area contributed by atoms with Crippen LogP contribution in [0.1, 0.15) is 27.0 Å². The SMILES string of the molecule is CC(C)OC(=O)[C@H](C)NP(=O)(OC[C@H]1O[C@@H](n2ccc(=O)[nH]c2=O)C(Cl)(Cl)C1O)Oc1ccccc1. The zero-order chi connectivity index (χ0) is 26.7. The summed E-state index contributed by atoms with van der Waals surface area (Å²) in [5, 5.41) is 13.2. The zero-order valence-corrected chi connectivity index (χ0v) is 21.9. The Labute approximate surface area is 216 Å². The van der Waals surface area contributed by atoms with E-state index in [9.17, 15) is 24.1 Å². The van der Waals surface area contributed by atoms with E-state index in [1.54, 1.807) is 32.0 Å². The first-order chi connectivity index (χ1) is 16.8. The van der Waals surface area contributed by atoms with Crippen LogP contribution in [-0.2, 0) is 23.4 Å². The molecule has 0 saturated carbocycles. The van der Waals surface area contributed by atoms with Gasteiger partial charge in [-0.2, -0.15) is 5.09 Å². The lowest BCUT2D eigenvalue weighted by Crippen LogP contribution is -2.41. The van der Waals surface area contributed by atoms with E-state index < -0.39 is 66.5 Å². The van der Waals surface area contributed by atoms with Crippen LogP contribution in [0.4, 0.5) is 0 Å². The van der Waals surface area contributed by atoms with Crippen molar-refractivity contribution in [3.8, 4) is 5.75 Å². The van der Waals surface area contributed by atoms with Crippen LogP contribution in [-0.4, -0.2) is 55.9 Å². The van der Waals surface area contributed by atoms with Crippen LogP contribution in [0.2, 0.25) is 0 Å². The molecule has 1 aliphatic heterocycles. The van der Waals surface area contributed by atoms with E-state index in [0.29, 0.717) is 0 Å². The zero-order valence-electron chi connectivity index (χ0n) is 19.5. The number of benzene rings is 1. The number of alkyl halides is 2. The van der Waals surface area contributed by atoms with Crippen LogP contribution in [0.25, 0.3) is 0 Å². The Morgan fingerprint density at radius 3 is 2.53 bits per heavy atom. The smallest absolute Gasteiger partial charge is 0.459 e. The van der Waals surface area contributed by atoms with E-state index in [1.807, 2.05) is 4.98 Å². The van der Waals surface area contributed by atoms with Gasteiger partial charge in [-0.05, 0) is 32.9 Å². The van der Waals surface area contributed by atoms with E-state index in [0.717, 1.165) is 16.8 Å². The predicted molar refractivity (Wildman–Crippen MR) is 130 cm³/mol. The van der Waals surface area contributed by atoms with Gasteiger partial charge in [-0.15, -0.1) is 0 Å². The van der Waals surface area contributed by atoms with E-state index in [2.05, 4.69) is 5.09 Å². The van der Waals surface area contributed by atoms with Crippen molar-refractivity contribution in [3.05, 3.63) is 63.4 Å². The van der Waals surface area contributed by atoms with Gasteiger partial charge in [0.1, 0.15) is 24.0 Å². The number of esters is 1. The molecule has 2 heterocycles. The molecule has 1 aromatic carbocycles. The number of carbonyl (C=O) groups is 1. The second-order valence-corrected chi connectivity index (χ2v) is 11.3. The van der Waals surface area contributed by atoms with Gasteiger partial charge in [-0.1, -0.05) is 41.4 Å². The molecule has 36 heavy (non-hydrogen) atoms. The highest BCUT2D eigenvalue weighted by atomic mass is 35.5. The molecule has 198 valence electrons. The lowest BCUT2D eigenvalue weighted by Gasteiger charge is -2.25. The molecule has 0 amide bonds. The number of aliphatic hydroxyl groups excluding tert-OH is 1. The Kier molecular flexibility index (Phi) is 9.05. The van der Waals surface area contributed by atoms with Gasteiger partial charge in [-0.25, -0.2) is 9.36 Å². The summed E-state index contributed by atoms with van der Waals surface area (Å²) in [4.78, 5) is 37.9. The van der Waals surface area contributed by atoms with Gasteiger partial charge in [0.05, 0.1) is 12.7 Å². The molecule has 2 unspecified atom stereocenters. The van der Waals surface area contributed by atoms with Crippen molar-refractivity contribution in [3.63, 3.8) is 0 Å². The van der Waals surface area contributed by atoms with Crippen molar-refractivity contribution >= 4 is 36.9 Å². The van der Waals surface area contributed by atoms with Gasteiger partial charge in [0.15, 0.2) is 10.6 Å². The van der Waals surface area contributed by atoms with Crippen molar-refractivity contribution in [1.82, 2.24) is 14.6 Å². The largest absolute Gasteiger partial charge is 0.462 e. The van der Waals surface area contributed by atoms with Crippen LogP contribution in [0.3, 0.4) is 0 Å². The normalized spacial score (nSPS) is 23.7. The quantitative estimate of drug-likeness (QED) is 0.221. The number of carbonyl (C=O) groups excluding carboxylic acids is 1. The Morgan fingerprint density at radius 1 is 1.25 bits per heavy atom. The molecule has 0 radical (unpaired) electrons. The molecule has 1 fully saturated rings. The number of aromatic nitrogens is 2. The predicted octanol–water partition coefficient (Wildman–Crippen LogP) is 2.10. The third kappa shape index (κ3) is 6.77. The summed E-state index contributed by atoms with van der Waals surface area (Å²) in [6, 6.07) is 8.01. The summed E-state index contributed by atoms with van der Waals surface area (Å²) in [6.45, 7) is 4.17. The molecule has 15 heteroatoms. The number of halogens is 2. The van der Waals surface area contributed by atoms with Gasteiger partial charge in [0.25, 0.3) is 5.56 Å². The fourth-order valence-electron chi connectivity index (χ4n) is 3.22. The number of nitrogens with one attached hydrogen (secondary N) is 2. The van der Waals surface area contributed by atoms with Crippen molar-refractivity contribution in [2.24, 2.45) is 0 Å². The minimum absolute atomic E-state index is 0.173. The molecule has 12 nitrogen and oxygen atoms in total. The number of hydrogen-bond donors (Lipinski definition) is 3. The van der Waals surface area contributed by atoms with Crippen molar-refractivity contribution in [2.45, 2.75) is 55.7 Å². The number of para-hydroxylation sites is 1. The van der Waals surface area contributed by atoms with Crippen LogP contribution in [0.15, 0.2) is 52.2 Å². The maximum absolute atomic E-state index is 13.6. The van der Waals surface area contributed by atoms with Crippen LogP contribution in [0.5, 0.6) is 5.75 Å². The van der Waals surface area contributed by atoms with E-state index in [1.165, 1.54) is 19.1 Å². The van der Waals surface area contributed by atoms with Gasteiger partial charge < -0.3 is 19.1 Å². The van der Waals surface area contributed by atoms with Crippen LogP contribution < -0.4 is 20.9 Å². The molecule has 1 aliphatic rings. The molecule has 1 saturated heterocycles. The minimum atomic E-state index is -4.27. The molecule has 3 rings (SSSR count). The van der Waals surface area contributed by atoms with Gasteiger partial charge in [-0.3, -0.25) is 23.7 Å². The van der Waals surface area contributed by atoms with Crippen LogP contribution >= 0.6 is 30.9 Å². The van der Waals surface area contributed by atoms with Gasteiger partial charge in [0, 0.05) is 12.3 Å². The fraction of sp³-hybridized carbons (Fsp3) is 0.476. The fourth-order valence-corrected chi connectivity index (χ4v) is 5.32. The summed E-state index contributed by atoms with van der Waals surface area (Å²) in [5.41, 5.74) is -1.52. The summed E-state index contributed by atoms with van der Waals surface area (Å²) in [6.07, 6.45) is -3.62. The Morgan fingerprint density at radius 2 is 1.92 bits per heavy atom. The summed E-state index contributed by atoms with van der Waals surface area (Å²) >= 11 is 12.6. The second kappa shape index (κ2) is 11.5. The van der Waals surface area contributed by atoms with Crippen LogP contribution in [0, 0.1) is 0 Å². The number of rotatable bonds is 10. The molecule has 5 atom stereocenters. The molecule has 3 N–H and O–H groups in total. The highest BCUT2D eigenvalue weighted by Crippen LogP contribution is 2.49. The minimum Gasteiger partial charge on any atom is -0.462 e. The first-order valence-corrected chi connectivity index (χ1v) is 13.1. The maximum Gasteiger partial charge on any atom is 0.459 e. The van der Waals surface area contributed by atoms with Gasteiger partial charge >= 0.3 is 19.4 Å². The number of H-pyrrole nitrogens is 1. The summed E-state index contributed by atoms with van der Waals surface area (Å²) < 4.78 is 34.3. The molecular weight excluding hydrogens is 540 g/mol. The number of ether oxygens (including phenoxy) is 2. The number of aromatic amines is 1. The average Bonchev–Trinajstić information content (AvgIpc) is 3.01. The van der Waals surface area contributed by atoms with E-state index in [4.69, 9.17) is 41.7 Å². The van der Waals surface area contributed by atoms with E-state index in [-0.39, 0.29) is 5.75 Å². The molecule has 0 aliphatic carbocycles. The van der Waals surface area contributed by atoms with Crippen molar-refractivity contribution in [2.75, 3.05) is 6.61 Å². The highest BCUT2D eigenvalue weighted by molar-refractivity contribution is 7.52. The molecule has 0 spiro atoms. The third-order valence-electron chi connectivity index (χ3n) is 4.92. The lowest BCUT2D eigenvalue weighted by atomic mass is 10.2. The molecule has 0 bridgehead atoms. The lowest BCUT2D eigenvalue weighted by molar-refractivity contribution is -0.149. The molecule has 2 aromatic rings. The first-order valence-electron chi connectivity index (χ1n) is 10.8. The highest BCUT2D eigenvalue weighted by Gasteiger charge is 2.56. The Hall–Kier alpha value is -2.18.